The van der Waals surface area contributed by atoms with Crippen LogP contribution in [0.3, 0.4) is 0 Å². The second-order valence-electron chi connectivity index (χ2n) is 7.60. The first-order valence-corrected chi connectivity index (χ1v) is 11.0. The van der Waals surface area contributed by atoms with E-state index in [1.54, 1.807) is 24.3 Å². The number of aliphatic hydroxyl groups excluding tert-OH is 1. The number of benzene rings is 3. The summed E-state index contributed by atoms with van der Waals surface area (Å²) in [5.74, 6) is 0.256. The summed E-state index contributed by atoms with van der Waals surface area (Å²) in [6, 6.07) is 23.6. The van der Waals surface area contributed by atoms with Gasteiger partial charge < -0.3 is 14.7 Å². The number of likely N-dealkylation sites (N-methyl/N-ethyl adjacent to an activating group) is 1. The molecule has 1 saturated heterocycles. The van der Waals surface area contributed by atoms with Gasteiger partial charge in [-0.05, 0) is 72.4 Å². The lowest BCUT2D eigenvalue weighted by atomic mass is 10.1. The first-order valence-electron chi connectivity index (χ1n) is 10.6. The van der Waals surface area contributed by atoms with E-state index in [4.69, 9.17) is 22.1 Å². The van der Waals surface area contributed by atoms with Crippen LogP contribution in [0.25, 0.3) is 6.08 Å². The fourth-order valence-corrected chi connectivity index (χ4v) is 3.73. The van der Waals surface area contributed by atoms with Gasteiger partial charge in [-0.3, -0.25) is 19.8 Å². The summed E-state index contributed by atoms with van der Waals surface area (Å²) in [6.45, 7) is 0.551. The Hall–Kier alpha value is -4.01. The van der Waals surface area contributed by atoms with Gasteiger partial charge >= 0.3 is 0 Å². The Morgan fingerprint density at radius 3 is 2.26 bits per heavy atom. The molecular weight excluding hydrogens is 450 g/mol. The van der Waals surface area contributed by atoms with Gasteiger partial charge in [0.25, 0.3) is 11.8 Å². The zero-order chi connectivity index (χ0) is 24.1. The third-order valence-electron chi connectivity index (χ3n) is 5.26. The Bertz CT molecular complexity index is 1230. The van der Waals surface area contributed by atoms with Crippen molar-refractivity contribution in [3.63, 3.8) is 0 Å². The molecule has 0 radical (unpaired) electrons. The minimum Gasteiger partial charge on any atom is -0.457 e. The standard InChI is InChI=1S/C26H23N3O4S/c1-28(15-16-30)19-9-7-18(8-10-19)17-23-24(31)27-26(34)29(25(23)32)20-11-13-22(14-12-20)33-21-5-3-2-4-6-21/h2-14,17,30H,15-16H2,1H3,(H,27,31,34)/b23-17+. The SMILES string of the molecule is CN(CCO)c1ccc(/C=C2\C(=O)NC(=S)N(c3ccc(Oc4ccccc4)cc3)C2=O)cc1. The Morgan fingerprint density at radius 2 is 1.62 bits per heavy atom. The third kappa shape index (κ3) is 5.14. The van der Waals surface area contributed by atoms with Gasteiger partial charge in [-0.2, -0.15) is 0 Å². The number of amides is 2. The van der Waals surface area contributed by atoms with Crippen molar-refractivity contribution in [1.82, 2.24) is 5.32 Å². The van der Waals surface area contributed by atoms with Crippen LogP contribution in [-0.4, -0.2) is 42.2 Å². The summed E-state index contributed by atoms with van der Waals surface area (Å²) in [4.78, 5) is 29.0. The van der Waals surface area contributed by atoms with Crippen molar-refractivity contribution < 1.29 is 19.4 Å². The Kier molecular flexibility index (Phi) is 7.01. The summed E-state index contributed by atoms with van der Waals surface area (Å²) in [6.07, 6.45) is 1.54. The van der Waals surface area contributed by atoms with E-state index in [2.05, 4.69) is 5.32 Å². The van der Waals surface area contributed by atoms with Crippen LogP contribution >= 0.6 is 12.2 Å². The molecule has 2 amide bonds. The quantitative estimate of drug-likeness (QED) is 0.309. The van der Waals surface area contributed by atoms with Gasteiger partial charge in [0.15, 0.2) is 5.11 Å². The normalized spacial score (nSPS) is 14.8. The van der Waals surface area contributed by atoms with E-state index in [-0.39, 0.29) is 17.3 Å². The molecular formula is C26H23N3O4S. The van der Waals surface area contributed by atoms with Crippen LogP contribution in [0.5, 0.6) is 11.5 Å². The molecule has 0 atom stereocenters. The minimum absolute atomic E-state index is 0.0184. The van der Waals surface area contributed by atoms with Crippen molar-refractivity contribution in [3.05, 3.63) is 90.0 Å². The highest BCUT2D eigenvalue weighted by molar-refractivity contribution is 7.80. The molecule has 1 fully saturated rings. The maximum Gasteiger partial charge on any atom is 0.270 e. The van der Waals surface area contributed by atoms with Crippen molar-refractivity contribution >= 4 is 46.6 Å². The molecule has 0 bridgehead atoms. The number of nitrogens with zero attached hydrogens (tertiary/aromatic N) is 2. The van der Waals surface area contributed by atoms with E-state index in [1.807, 2.05) is 66.5 Å². The van der Waals surface area contributed by atoms with Gasteiger partial charge in [0.2, 0.25) is 0 Å². The van der Waals surface area contributed by atoms with Crippen LogP contribution in [0.1, 0.15) is 5.56 Å². The van der Waals surface area contributed by atoms with E-state index in [0.29, 0.717) is 29.3 Å². The molecule has 1 aliphatic rings. The second kappa shape index (κ2) is 10.3. The second-order valence-corrected chi connectivity index (χ2v) is 7.99. The number of hydrogen-bond acceptors (Lipinski definition) is 6. The molecule has 7 nitrogen and oxygen atoms in total. The number of carbonyl (C=O) groups is 2. The fourth-order valence-electron chi connectivity index (χ4n) is 3.45. The summed E-state index contributed by atoms with van der Waals surface area (Å²) in [7, 11) is 1.87. The highest BCUT2D eigenvalue weighted by Crippen LogP contribution is 2.27. The highest BCUT2D eigenvalue weighted by atomic mass is 32.1. The molecule has 3 aromatic carbocycles. The fraction of sp³-hybridized carbons (Fsp3) is 0.115. The number of aliphatic hydroxyl groups is 1. The number of hydrogen-bond donors (Lipinski definition) is 2. The van der Waals surface area contributed by atoms with Gasteiger partial charge in [0, 0.05) is 19.3 Å². The smallest absolute Gasteiger partial charge is 0.270 e. The van der Waals surface area contributed by atoms with E-state index >= 15 is 0 Å². The number of ether oxygens (including phenoxy) is 1. The first kappa shape index (κ1) is 23.2. The van der Waals surface area contributed by atoms with E-state index in [9.17, 15) is 9.59 Å². The molecule has 2 N–H and O–H groups in total. The average molecular weight is 474 g/mol. The lowest BCUT2D eigenvalue weighted by molar-refractivity contribution is -0.122. The number of anilines is 2. The van der Waals surface area contributed by atoms with Crippen LogP contribution in [0.2, 0.25) is 0 Å². The van der Waals surface area contributed by atoms with Crippen molar-refractivity contribution in [3.8, 4) is 11.5 Å². The van der Waals surface area contributed by atoms with Crippen LogP contribution in [0, 0.1) is 0 Å². The Morgan fingerprint density at radius 1 is 0.971 bits per heavy atom. The molecule has 0 aliphatic carbocycles. The molecule has 8 heteroatoms. The number of nitrogens with one attached hydrogen (secondary N) is 1. The molecule has 172 valence electrons. The number of para-hydroxylation sites is 1. The molecule has 4 rings (SSSR count). The molecule has 1 aliphatic heterocycles. The zero-order valence-corrected chi connectivity index (χ0v) is 19.3. The lowest BCUT2D eigenvalue weighted by Crippen LogP contribution is -2.54. The van der Waals surface area contributed by atoms with Gasteiger partial charge in [-0.25, -0.2) is 0 Å². The summed E-state index contributed by atoms with van der Waals surface area (Å²) < 4.78 is 5.80. The highest BCUT2D eigenvalue weighted by Gasteiger charge is 2.34. The molecule has 34 heavy (non-hydrogen) atoms. The molecule has 0 unspecified atom stereocenters. The van der Waals surface area contributed by atoms with Crippen LogP contribution in [-0.2, 0) is 9.59 Å². The predicted molar refractivity (Wildman–Crippen MR) is 136 cm³/mol. The lowest BCUT2D eigenvalue weighted by Gasteiger charge is -2.29. The third-order valence-corrected chi connectivity index (χ3v) is 5.54. The van der Waals surface area contributed by atoms with Gasteiger partial charge in [0.05, 0.1) is 12.3 Å². The molecule has 0 saturated carbocycles. The molecule has 0 aromatic heterocycles. The first-order chi connectivity index (χ1) is 16.5. The van der Waals surface area contributed by atoms with Crippen molar-refractivity contribution in [2.75, 3.05) is 30.0 Å². The van der Waals surface area contributed by atoms with E-state index in [1.165, 1.54) is 11.0 Å². The van der Waals surface area contributed by atoms with Crippen molar-refractivity contribution in [2.24, 2.45) is 0 Å². The van der Waals surface area contributed by atoms with Crippen LogP contribution in [0.4, 0.5) is 11.4 Å². The van der Waals surface area contributed by atoms with Crippen molar-refractivity contribution in [2.45, 2.75) is 0 Å². The van der Waals surface area contributed by atoms with Crippen LogP contribution < -0.4 is 19.9 Å². The maximum atomic E-state index is 13.2. The molecule has 0 spiro atoms. The number of carbonyl (C=O) groups excluding carboxylic acids is 2. The predicted octanol–water partition coefficient (Wildman–Crippen LogP) is 3.74. The van der Waals surface area contributed by atoms with Crippen molar-refractivity contribution in [1.29, 1.82) is 0 Å². The largest absolute Gasteiger partial charge is 0.457 e. The Labute approximate surface area is 202 Å². The summed E-state index contributed by atoms with van der Waals surface area (Å²) >= 11 is 5.28. The number of rotatable bonds is 7. The topological polar surface area (TPSA) is 82.1 Å². The molecule has 1 heterocycles. The van der Waals surface area contributed by atoms with Gasteiger partial charge in [0.1, 0.15) is 17.1 Å². The van der Waals surface area contributed by atoms with Gasteiger partial charge in [-0.1, -0.05) is 30.3 Å². The zero-order valence-electron chi connectivity index (χ0n) is 18.5. The maximum absolute atomic E-state index is 13.2. The summed E-state index contributed by atoms with van der Waals surface area (Å²) in [5, 5.41) is 11.7. The van der Waals surface area contributed by atoms with Crippen LogP contribution in [0.15, 0.2) is 84.4 Å². The van der Waals surface area contributed by atoms with E-state index in [0.717, 1.165) is 5.69 Å². The van der Waals surface area contributed by atoms with Gasteiger partial charge in [-0.15, -0.1) is 0 Å². The summed E-state index contributed by atoms with van der Waals surface area (Å²) in [5.41, 5.74) is 2.10. The molecule has 3 aromatic rings. The Balaban J connectivity index is 1.55. The average Bonchev–Trinajstić information content (AvgIpc) is 2.84. The monoisotopic (exact) mass is 473 g/mol. The minimum atomic E-state index is -0.545. The van der Waals surface area contributed by atoms with E-state index < -0.39 is 11.8 Å². The number of thiocarbonyl (C=S) groups is 1.